The number of hydrogen-bond acceptors (Lipinski definition) is 9. The van der Waals surface area contributed by atoms with Crippen LogP contribution in [0.2, 0.25) is 0 Å². The monoisotopic (exact) mass is 560 g/mol. The molecule has 0 unspecified atom stereocenters. The maximum absolute atomic E-state index is 13.2. The van der Waals surface area contributed by atoms with Crippen LogP contribution in [-0.4, -0.2) is 47.1 Å². The van der Waals surface area contributed by atoms with Crippen LogP contribution in [0.4, 0.5) is 5.69 Å². The molecule has 0 aliphatic carbocycles. The second kappa shape index (κ2) is 11.8. The van der Waals surface area contributed by atoms with Crippen molar-refractivity contribution in [2.24, 2.45) is 5.10 Å². The number of ether oxygens (including phenoxy) is 3. The summed E-state index contributed by atoms with van der Waals surface area (Å²) in [6.45, 7) is 3.43. The number of hydrogen-bond donors (Lipinski definition) is 0. The molecule has 0 N–H and O–H groups in total. The molecule has 0 bridgehead atoms. The molecule has 1 aromatic heterocycles. The predicted octanol–water partition coefficient (Wildman–Crippen LogP) is 4.24. The van der Waals surface area contributed by atoms with Gasteiger partial charge in [-0.1, -0.05) is 29.3 Å². The van der Waals surface area contributed by atoms with Gasteiger partial charge in [0, 0.05) is 22.5 Å². The summed E-state index contributed by atoms with van der Waals surface area (Å²) in [5.74, 6) is -0.441. The van der Waals surface area contributed by atoms with E-state index in [4.69, 9.17) is 9.47 Å². The number of nitro benzene ring substituents is 1. The highest BCUT2D eigenvalue weighted by atomic mass is 79.9. The number of fused-ring (bicyclic) bond motifs is 1. The van der Waals surface area contributed by atoms with E-state index in [9.17, 15) is 19.7 Å². The van der Waals surface area contributed by atoms with Gasteiger partial charge in [0.2, 0.25) is 5.75 Å². The summed E-state index contributed by atoms with van der Waals surface area (Å²) in [6, 6.07) is 7.91. The van der Waals surface area contributed by atoms with Crippen molar-refractivity contribution in [3.63, 3.8) is 0 Å². The van der Waals surface area contributed by atoms with Gasteiger partial charge in [-0.05, 0) is 37.6 Å². The first-order valence-corrected chi connectivity index (χ1v) is 11.9. The number of aryl methyl sites for hydroxylation is 1. The van der Waals surface area contributed by atoms with E-state index in [2.05, 4.69) is 30.8 Å². The fraction of sp³-hybridized carbons (Fsp3) is 0.333. The minimum Gasteiger partial charge on any atom is -0.493 e. The topological polar surface area (TPSA) is 135 Å². The van der Waals surface area contributed by atoms with Crippen molar-refractivity contribution in [2.75, 3.05) is 14.2 Å². The first-order valence-electron chi connectivity index (χ1n) is 11.1. The quantitative estimate of drug-likeness (QED) is 0.155. The van der Waals surface area contributed by atoms with Crippen molar-refractivity contribution in [1.82, 2.24) is 9.66 Å². The Labute approximate surface area is 215 Å². The first kappa shape index (κ1) is 26.8. The summed E-state index contributed by atoms with van der Waals surface area (Å²) < 4.78 is 17.3. The van der Waals surface area contributed by atoms with E-state index >= 15 is 0 Å². The van der Waals surface area contributed by atoms with Crippen LogP contribution in [0.25, 0.3) is 10.9 Å². The Balaban J connectivity index is 2.11. The molecule has 0 fully saturated rings. The number of nitrogens with zero attached hydrogens (tertiary/aromatic N) is 4. The molecule has 3 aromatic rings. The smallest absolute Gasteiger partial charge is 0.346 e. The molecule has 2 aromatic carbocycles. The molecule has 0 spiro atoms. The highest BCUT2D eigenvalue weighted by Gasteiger charge is 2.26. The summed E-state index contributed by atoms with van der Waals surface area (Å²) in [5.41, 5.74) is 0.0289. The second-order valence-electron chi connectivity index (χ2n) is 7.77. The van der Waals surface area contributed by atoms with Gasteiger partial charge in [-0.25, -0.2) is 9.78 Å². The minimum absolute atomic E-state index is 0.0144. The van der Waals surface area contributed by atoms with Gasteiger partial charge in [-0.2, -0.15) is 9.78 Å². The van der Waals surface area contributed by atoms with Gasteiger partial charge in [0.1, 0.15) is 5.82 Å². The molecule has 12 heteroatoms. The predicted molar refractivity (Wildman–Crippen MR) is 137 cm³/mol. The standard InChI is InChI=1S/C24H25BrN4O7/c1-5-6-7-21-27-18-9-8-16(25)12-17(18)23(30)28(21)26-13-15-10-19(29(32)33)22(20(11-15)34-3)36-14(2)24(31)35-4/h8-14H,5-7H2,1-4H3/t14-/m1/s1. The summed E-state index contributed by atoms with van der Waals surface area (Å²) in [5, 5.41) is 16.5. The lowest BCUT2D eigenvalue weighted by Gasteiger charge is -2.15. The van der Waals surface area contributed by atoms with Gasteiger partial charge in [0.05, 0.1) is 36.3 Å². The van der Waals surface area contributed by atoms with Crippen LogP contribution in [0, 0.1) is 10.1 Å². The summed E-state index contributed by atoms with van der Waals surface area (Å²) in [4.78, 5) is 40.7. The number of carbonyl (C=O) groups is 1. The number of nitro groups is 1. The summed E-state index contributed by atoms with van der Waals surface area (Å²) >= 11 is 3.37. The molecule has 0 aliphatic heterocycles. The van der Waals surface area contributed by atoms with Crippen molar-refractivity contribution >= 4 is 44.7 Å². The molecule has 0 saturated heterocycles. The Kier molecular flexibility index (Phi) is 8.75. The summed E-state index contributed by atoms with van der Waals surface area (Å²) in [7, 11) is 2.50. The minimum atomic E-state index is -1.11. The highest BCUT2D eigenvalue weighted by molar-refractivity contribution is 9.10. The van der Waals surface area contributed by atoms with Crippen LogP contribution in [0.15, 0.2) is 44.7 Å². The molecule has 1 heterocycles. The Morgan fingerprint density at radius 2 is 2.06 bits per heavy atom. The third-order valence-electron chi connectivity index (χ3n) is 5.25. The SMILES string of the molecule is CCCCc1nc2ccc(Br)cc2c(=O)n1N=Cc1cc(OC)c(O[C@H](C)C(=O)OC)c([N+](=O)[O-])c1. The number of halogens is 1. The van der Waals surface area contributed by atoms with Crippen molar-refractivity contribution in [3.05, 3.63) is 66.7 Å². The molecule has 11 nitrogen and oxygen atoms in total. The highest BCUT2D eigenvalue weighted by Crippen LogP contribution is 2.38. The Hall–Kier alpha value is -3.80. The van der Waals surface area contributed by atoms with Gasteiger partial charge in [0.15, 0.2) is 11.9 Å². The van der Waals surface area contributed by atoms with Crippen LogP contribution in [0.3, 0.4) is 0 Å². The number of rotatable bonds is 10. The average molecular weight is 561 g/mol. The van der Waals surface area contributed by atoms with E-state index in [1.807, 2.05) is 13.0 Å². The Bertz CT molecular complexity index is 1390. The molecule has 0 saturated carbocycles. The number of methoxy groups -OCH3 is 2. The second-order valence-corrected chi connectivity index (χ2v) is 8.68. The fourth-order valence-electron chi connectivity index (χ4n) is 3.41. The lowest BCUT2D eigenvalue weighted by molar-refractivity contribution is -0.386. The lowest BCUT2D eigenvalue weighted by atomic mass is 10.1. The van der Waals surface area contributed by atoms with E-state index in [1.54, 1.807) is 12.1 Å². The number of unbranched alkanes of at least 4 members (excludes halogenated alkanes) is 1. The number of esters is 1. The van der Waals surface area contributed by atoms with E-state index in [0.29, 0.717) is 23.1 Å². The Morgan fingerprint density at radius 1 is 1.31 bits per heavy atom. The van der Waals surface area contributed by atoms with Crippen molar-refractivity contribution in [2.45, 2.75) is 39.2 Å². The summed E-state index contributed by atoms with van der Waals surface area (Å²) in [6.07, 6.45) is 2.42. The number of benzene rings is 2. The lowest BCUT2D eigenvalue weighted by Crippen LogP contribution is -2.25. The fourth-order valence-corrected chi connectivity index (χ4v) is 3.78. The van der Waals surface area contributed by atoms with E-state index in [1.165, 1.54) is 44.2 Å². The first-order chi connectivity index (χ1) is 17.2. The zero-order valence-electron chi connectivity index (χ0n) is 20.2. The van der Waals surface area contributed by atoms with Crippen LogP contribution in [0.1, 0.15) is 38.1 Å². The molecule has 3 rings (SSSR count). The maximum Gasteiger partial charge on any atom is 0.346 e. The van der Waals surface area contributed by atoms with Crippen molar-refractivity contribution < 1.29 is 23.9 Å². The normalized spacial score (nSPS) is 12.0. The molecular weight excluding hydrogens is 536 g/mol. The average Bonchev–Trinajstić information content (AvgIpc) is 2.86. The molecular formula is C24H25BrN4O7. The molecule has 36 heavy (non-hydrogen) atoms. The van der Waals surface area contributed by atoms with Gasteiger partial charge < -0.3 is 14.2 Å². The zero-order chi connectivity index (χ0) is 26.4. The maximum atomic E-state index is 13.2. The molecule has 190 valence electrons. The van der Waals surface area contributed by atoms with Crippen LogP contribution in [0.5, 0.6) is 11.5 Å². The Morgan fingerprint density at radius 3 is 2.69 bits per heavy atom. The van der Waals surface area contributed by atoms with Crippen LogP contribution < -0.4 is 15.0 Å². The third kappa shape index (κ3) is 5.88. The molecule has 0 radical (unpaired) electrons. The van der Waals surface area contributed by atoms with Gasteiger partial charge in [0.25, 0.3) is 5.56 Å². The number of carbonyl (C=O) groups excluding carboxylic acids is 1. The van der Waals surface area contributed by atoms with Crippen molar-refractivity contribution in [3.8, 4) is 11.5 Å². The van der Waals surface area contributed by atoms with Gasteiger partial charge >= 0.3 is 11.7 Å². The third-order valence-corrected chi connectivity index (χ3v) is 5.75. The van der Waals surface area contributed by atoms with E-state index < -0.39 is 22.7 Å². The van der Waals surface area contributed by atoms with Crippen molar-refractivity contribution in [1.29, 1.82) is 0 Å². The van der Waals surface area contributed by atoms with Gasteiger partial charge in [-0.15, -0.1) is 0 Å². The van der Waals surface area contributed by atoms with Gasteiger partial charge in [-0.3, -0.25) is 14.9 Å². The largest absolute Gasteiger partial charge is 0.493 e. The van der Waals surface area contributed by atoms with E-state index in [-0.39, 0.29) is 22.6 Å². The van der Waals surface area contributed by atoms with Crippen LogP contribution >= 0.6 is 15.9 Å². The molecule has 0 amide bonds. The van der Waals surface area contributed by atoms with E-state index in [0.717, 1.165) is 17.3 Å². The number of aromatic nitrogens is 2. The zero-order valence-corrected chi connectivity index (χ0v) is 21.8. The molecule has 0 aliphatic rings. The van der Waals surface area contributed by atoms with Crippen LogP contribution in [-0.2, 0) is 16.0 Å². The molecule has 1 atom stereocenters.